The van der Waals surface area contributed by atoms with Crippen LogP contribution in [0.25, 0.3) is 0 Å². The van der Waals surface area contributed by atoms with Gasteiger partial charge in [-0.3, -0.25) is 4.90 Å². The van der Waals surface area contributed by atoms with Crippen molar-refractivity contribution in [3.05, 3.63) is 35.9 Å². The Hall–Kier alpha value is -2.08. The Bertz CT molecular complexity index is 561. The first kappa shape index (κ1) is 14.8. The third-order valence-corrected chi connectivity index (χ3v) is 4.68. The molecule has 6 heteroatoms. The molecule has 0 radical (unpaired) electrons. The molecule has 118 valence electrons. The average Bonchev–Trinajstić information content (AvgIpc) is 3.06. The fourth-order valence-electron chi connectivity index (χ4n) is 3.60. The monoisotopic (exact) mass is 305 g/mol. The van der Waals surface area contributed by atoms with Crippen molar-refractivity contribution in [1.82, 2.24) is 4.90 Å². The summed E-state index contributed by atoms with van der Waals surface area (Å²) >= 11 is 0. The first-order valence-electron chi connectivity index (χ1n) is 7.46. The SMILES string of the molecule is O=C(O)C1C2CCC(O)C2CN1C(=O)OCc1ccccc1. The summed E-state index contributed by atoms with van der Waals surface area (Å²) in [5.41, 5.74) is 0.849. The first-order valence-corrected chi connectivity index (χ1v) is 7.46. The summed E-state index contributed by atoms with van der Waals surface area (Å²) < 4.78 is 5.23. The van der Waals surface area contributed by atoms with Crippen LogP contribution in [-0.2, 0) is 16.1 Å². The number of hydrogen-bond donors (Lipinski definition) is 2. The highest BCUT2D eigenvalue weighted by Crippen LogP contribution is 2.42. The van der Waals surface area contributed by atoms with E-state index in [0.717, 1.165) is 5.56 Å². The summed E-state index contributed by atoms with van der Waals surface area (Å²) in [6.07, 6.45) is 0.0775. The molecule has 1 aromatic carbocycles. The number of nitrogens with zero attached hydrogens (tertiary/aromatic N) is 1. The van der Waals surface area contributed by atoms with E-state index in [2.05, 4.69) is 0 Å². The number of aliphatic hydroxyl groups is 1. The molecule has 0 aromatic heterocycles. The maximum Gasteiger partial charge on any atom is 0.410 e. The van der Waals surface area contributed by atoms with Gasteiger partial charge in [0.25, 0.3) is 0 Å². The molecule has 1 aliphatic carbocycles. The van der Waals surface area contributed by atoms with Gasteiger partial charge in [0.15, 0.2) is 0 Å². The van der Waals surface area contributed by atoms with E-state index in [9.17, 15) is 19.8 Å². The van der Waals surface area contributed by atoms with Gasteiger partial charge in [0, 0.05) is 12.5 Å². The zero-order valence-corrected chi connectivity index (χ0v) is 12.1. The number of fused-ring (bicyclic) bond motifs is 1. The predicted molar refractivity (Wildman–Crippen MR) is 77.0 cm³/mol. The maximum atomic E-state index is 12.2. The van der Waals surface area contributed by atoms with Crippen molar-refractivity contribution in [2.75, 3.05) is 6.54 Å². The fraction of sp³-hybridized carbons (Fsp3) is 0.500. The number of benzene rings is 1. The molecule has 22 heavy (non-hydrogen) atoms. The van der Waals surface area contributed by atoms with Crippen LogP contribution in [0.1, 0.15) is 18.4 Å². The van der Waals surface area contributed by atoms with Crippen molar-refractivity contribution in [3.8, 4) is 0 Å². The molecule has 2 aliphatic rings. The van der Waals surface area contributed by atoms with E-state index in [1.165, 1.54) is 4.90 Å². The largest absolute Gasteiger partial charge is 0.480 e. The molecule has 1 amide bonds. The molecule has 4 atom stereocenters. The van der Waals surface area contributed by atoms with Crippen molar-refractivity contribution in [1.29, 1.82) is 0 Å². The second kappa shape index (κ2) is 5.96. The summed E-state index contributed by atoms with van der Waals surface area (Å²) in [5, 5.41) is 19.4. The van der Waals surface area contributed by atoms with Gasteiger partial charge in [-0.15, -0.1) is 0 Å². The molecule has 2 fully saturated rings. The number of likely N-dealkylation sites (tertiary alicyclic amines) is 1. The van der Waals surface area contributed by atoms with Crippen molar-refractivity contribution in [3.63, 3.8) is 0 Å². The first-order chi connectivity index (χ1) is 10.6. The van der Waals surface area contributed by atoms with Crippen LogP contribution in [0, 0.1) is 11.8 Å². The molecule has 1 saturated heterocycles. The third-order valence-electron chi connectivity index (χ3n) is 4.68. The standard InChI is InChI=1S/C16H19NO5/c18-13-7-6-11-12(13)8-17(14(11)15(19)20)16(21)22-9-10-4-2-1-3-5-10/h1-5,11-14,18H,6-9H2,(H,19,20). The quantitative estimate of drug-likeness (QED) is 0.883. The topological polar surface area (TPSA) is 87.1 Å². The lowest BCUT2D eigenvalue weighted by Gasteiger charge is -2.23. The van der Waals surface area contributed by atoms with Crippen LogP contribution in [-0.4, -0.2) is 45.9 Å². The number of carbonyl (C=O) groups is 2. The Morgan fingerprint density at radius 3 is 2.59 bits per heavy atom. The molecule has 0 spiro atoms. The van der Waals surface area contributed by atoms with Crippen LogP contribution in [0.5, 0.6) is 0 Å². The molecule has 1 aromatic rings. The zero-order valence-electron chi connectivity index (χ0n) is 12.1. The number of aliphatic hydroxyl groups excluding tert-OH is 1. The third kappa shape index (κ3) is 2.66. The van der Waals surface area contributed by atoms with Crippen LogP contribution in [0.2, 0.25) is 0 Å². The summed E-state index contributed by atoms with van der Waals surface area (Å²) in [7, 11) is 0. The van der Waals surface area contributed by atoms with Gasteiger partial charge in [-0.25, -0.2) is 9.59 Å². The van der Waals surface area contributed by atoms with E-state index in [-0.39, 0.29) is 25.0 Å². The van der Waals surface area contributed by atoms with E-state index >= 15 is 0 Å². The summed E-state index contributed by atoms with van der Waals surface area (Å²) in [4.78, 5) is 25.0. The van der Waals surface area contributed by atoms with Gasteiger partial charge in [0.05, 0.1) is 6.10 Å². The van der Waals surface area contributed by atoms with Gasteiger partial charge in [0.1, 0.15) is 12.6 Å². The number of aliphatic carboxylic acids is 1. The van der Waals surface area contributed by atoms with Crippen molar-refractivity contribution < 1.29 is 24.5 Å². The molecule has 1 heterocycles. The molecular formula is C16H19NO5. The van der Waals surface area contributed by atoms with Crippen molar-refractivity contribution >= 4 is 12.1 Å². The minimum Gasteiger partial charge on any atom is -0.480 e. The smallest absolute Gasteiger partial charge is 0.410 e. The molecule has 4 unspecified atom stereocenters. The van der Waals surface area contributed by atoms with Crippen LogP contribution >= 0.6 is 0 Å². The van der Waals surface area contributed by atoms with Crippen LogP contribution < -0.4 is 0 Å². The predicted octanol–water partition coefficient (Wildman–Crippen LogP) is 1.48. The van der Waals surface area contributed by atoms with Gasteiger partial charge in [-0.05, 0) is 24.3 Å². The molecule has 0 bridgehead atoms. The number of rotatable bonds is 3. The van der Waals surface area contributed by atoms with Crippen molar-refractivity contribution in [2.24, 2.45) is 11.8 Å². The molecule has 2 N–H and O–H groups in total. The second-order valence-electron chi connectivity index (χ2n) is 5.95. The Morgan fingerprint density at radius 1 is 1.18 bits per heavy atom. The van der Waals surface area contributed by atoms with Gasteiger partial charge < -0.3 is 14.9 Å². The Kier molecular flexibility index (Phi) is 4.02. The zero-order chi connectivity index (χ0) is 15.7. The van der Waals surface area contributed by atoms with Gasteiger partial charge >= 0.3 is 12.1 Å². The van der Waals surface area contributed by atoms with Crippen molar-refractivity contribution in [2.45, 2.75) is 31.6 Å². The lowest BCUT2D eigenvalue weighted by Crippen LogP contribution is -2.43. The summed E-state index contributed by atoms with van der Waals surface area (Å²) in [6, 6.07) is 8.34. The highest BCUT2D eigenvalue weighted by molar-refractivity contribution is 5.81. The second-order valence-corrected chi connectivity index (χ2v) is 5.95. The number of ether oxygens (including phenoxy) is 1. The normalized spacial score (nSPS) is 30.1. The van der Waals surface area contributed by atoms with Crippen LogP contribution in [0.4, 0.5) is 4.79 Å². The fourth-order valence-corrected chi connectivity index (χ4v) is 3.60. The Labute approximate surface area is 128 Å². The van der Waals surface area contributed by atoms with Gasteiger partial charge in [0.2, 0.25) is 0 Å². The number of carbonyl (C=O) groups excluding carboxylic acids is 1. The van der Waals surface area contributed by atoms with E-state index in [4.69, 9.17) is 4.74 Å². The van der Waals surface area contributed by atoms with E-state index in [0.29, 0.717) is 12.8 Å². The maximum absolute atomic E-state index is 12.2. The highest BCUT2D eigenvalue weighted by Gasteiger charge is 2.53. The van der Waals surface area contributed by atoms with E-state index in [1.54, 1.807) is 0 Å². The minimum absolute atomic E-state index is 0.112. The van der Waals surface area contributed by atoms with Crippen LogP contribution in [0.15, 0.2) is 30.3 Å². The summed E-state index contributed by atoms with van der Waals surface area (Å²) in [6.45, 7) is 0.358. The lowest BCUT2D eigenvalue weighted by molar-refractivity contribution is -0.143. The number of amides is 1. The van der Waals surface area contributed by atoms with E-state index < -0.39 is 24.2 Å². The number of carboxylic acids is 1. The summed E-state index contributed by atoms with van der Waals surface area (Å²) in [5.74, 6) is -1.37. The number of hydrogen-bond acceptors (Lipinski definition) is 4. The molecule has 3 rings (SSSR count). The van der Waals surface area contributed by atoms with Gasteiger partial charge in [-0.2, -0.15) is 0 Å². The molecular weight excluding hydrogens is 286 g/mol. The average molecular weight is 305 g/mol. The number of carboxylic acid groups (broad SMARTS) is 1. The molecule has 1 aliphatic heterocycles. The highest BCUT2D eigenvalue weighted by atomic mass is 16.6. The Morgan fingerprint density at radius 2 is 1.91 bits per heavy atom. The van der Waals surface area contributed by atoms with E-state index in [1.807, 2.05) is 30.3 Å². The molecule has 1 saturated carbocycles. The van der Waals surface area contributed by atoms with Crippen LogP contribution in [0.3, 0.4) is 0 Å². The minimum atomic E-state index is -1.03. The lowest BCUT2D eigenvalue weighted by atomic mass is 9.93. The van der Waals surface area contributed by atoms with Gasteiger partial charge in [-0.1, -0.05) is 30.3 Å². The Balaban J connectivity index is 1.67. The molecule has 6 nitrogen and oxygen atoms in total.